The fourth-order valence-corrected chi connectivity index (χ4v) is 3.50. The lowest BCUT2D eigenvalue weighted by Crippen LogP contribution is -2.41. The summed E-state index contributed by atoms with van der Waals surface area (Å²) in [6.45, 7) is 0.603. The van der Waals surface area contributed by atoms with E-state index >= 15 is 0 Å². The van der Waals surface area contributed by atoms with E-state index in [4.69, 9.17) is 0 Å². The highest BCUT2D eigenvalue weighted by Gasteiger charge is 2.41. The molecule has 3 nitrogen and oxygen atoms in total. The quantitative estimate of drug-likeness (QED) is 0.680. The molecule has 2 aliphatic rings. The van der Waals surface area contributed by atoms with Gasteiger partial charge in [0.25, 0.3) is 0 Å². The Kier molecular flexibility index (Phi) is 3.41. The van der Waals surface area contributed by atoms with Gasteiger partial charge in [0.2, 0.25) is 5.91 Å². The highest BCUT2D eigenvalue weighted by Crippen LogP contribution is 2.41. The highest BCUT2D eigenvalue weighted by atomic mass is 127. The standard InChI is InChI=1S/C14H16FIN2O/c15-9-6-11-12(7-10(9)16)18-13(19)14(8-17-11)4-2-1-3-5-14/h6-7,17H,1-5,8H2,(H,18,19). The normalized spacial score (nSPS) is 21.3. The molecular weight excluding hydrogens is 358 g/mol. The summed E-state index contributed by atoms with van der Waals surface area (Å²) in [6.07, 6.45) is 5.22. The topological polar surface area (TPSA) is 41.1 Å². The Labute approximate surface area is 125 Å². The van der Waals surface area contributed by atoms with Gasteiger partial charge in [-0.1, -0.05) is 19.3 Å². The van der Waals surface area contributed by atoms with Gasteiger partial charge in [-0.15, -0.1) is 0 Å². The smallest absolute Gasteiger partial charge is 0.232 e. The Morgan fingerprint density at radius 3 is 2.63 bits per heavy atom. The second-order valence-corrected chi connectivity index (χ2v) is 6.62. The zero-order valence-corrected chi connectivity index (χ0v) is 12.7. The van der Waals surface area contributed by atoms with Crippen LogP contribution in [-0.4, -0.2) is 12.5 Å². The monoisotopic (exact) mass is 374 g/mol. The van der Waals surface area contributed by atoms with Crippen molar-refractivity contribution in [1.29, 1.82) is 0 Å². The summed E-state index contributed by atoms with van der Waals surface area (Å²) in [6, 6.07) is 3.16. The van der Waals surface area contributed by atoms with Gasteiger partial charge in [-0.3, -0.25) is 4.79 Å². The van der Waals surface area contributed by atoms with Crippen LogP contribution in [0.4, 0.5) is 15.8 Å². The van der Waals surface area contributed by atoms with Gasteiger partial charge in [0.1, 0.15) is 5.82 Å². The van der Waals surface area contributed by atoms with Crippen LogP contribution in [-0.2, 0) is 4.79 Å². The number of hydrogen-bond acceptors (Lipinski definition) is 2. The fraction of sp³-hybridized carbons (Fsp3) is 0.500. The molecule has 0 unspecified atom stereocenters. The van der Waals surface area contributed by atoms with E-state index in [0.717, 1.165) is 25.7 Å². The Morgan fingerprint density at radius 1 is 1.16 bits per heavy atom. The summed E-state index contributed by atoms with van der Waals surface area (Å²) in [5.74, 6) is -0.165. The first-order chi connectivity index (χ1) is 9.11. The van der Waals surface area contributed by atoms with E-state index in [0.29, 0.717) is 21.5 Å². The molecule has 2 N–H and O–H groups in total. The Bertz CT molecular complexity index is 526. The molecule has 1 saturated carbocycles. The second-order valence-electron chi connectivity index (χ2n) is 5.46. The molecule has 0 saturated heterocycles. The maximum atomic E-state index is 13.6. The number of fused-ring (bicyclic) bond motifs is 1. The molecular formula is C14H16FIN2O. The number of carbonyl (C=O) groups is 1. The molecule has 5 heteroatoms. The van der Waals surface area contributed by atoms with Gasteiger partial charge in [0.05, 0.1) is 20.4 Å². The molecule has 0 bridgehead atoms. The maximum absolute atomic E-state index is 13.6. The molecule has 1 aromatic rings. The predicted molar refractivity (Wildman–Crippen MR) is 81.8 cm³/mol. The molecule has 102 valence electrons. The van der Waals surface area contributed by atoms with Crippen LogP contribution in [0.5, 0.6) is 0 Å². The molecule has 0 aromatic heterocycles. The lowest BCUT2D eigenvalue weighted by molar-refractivity contribution is -0.126. The van der Waals surface area contributed by atoms with Crippen LogP contribution in [0.3, 0.4) is 0 Å². The molecule has 19 heavy (non-hydrogen) atoms. The summed E-state index contributed by atoms with van der Waals surface area (Å²) in [4.78, 5) is 12.5. The summed E-state index contributed by atoms with van der Waals surface area (Å²) in [5, 5.41) is 6.24. The fourth-order valence-electron chi connectivity index (χ4n) is 3.03. The third kappa shape index (κ3) is 2.32. The van der Waals surface area contributed by atoms with Crippen LogP contribution < -0.4 is 10.6 Å². The third-order valence-corrected chi connectivity index (χ3v) is 5.04. The number of amides is 1. The van der Waals surface area contributed by atoms with Crippen LogP contribution in [0.1, 0.15) is 32.1 Å². The zero-order chi connectivity index (χ0) is 13.5. The molecule has 1 spiro atoms. The molecule has 1 fully saturated rings. The van der Waals surface area contributed by atoms with Gasteiger partial charge in [0.15, 0.2) is 0 Å². The number of rotatable bonds is 0. The van der Waals surface area contributed by atoms with Crippen LogP contribution >= 0.6 is 22.6 Å². The third-order valence-electron chi connectivity index (χ3n) is 4.22. The second kappa shape index (κ2) is 4.92. The summed E-state index contributed by atoms with van der Waals surface area (Å²) < 4.78 is 14.1. The van der Waals surface area contributed by atoms with Crippen molar-refractivity contribution in [1.82, 2.24) is 0 Å². The Hall–Kier alpha value is -0.850. The van der Waals surface area contributed by atoms with Crippen molar-refractivity contribution in [2.45, 2.75) is 32.1 Å². The van der Waals surface area contributed by atoms with Crippen molar-refractivity contribution in [2.24, 2.45) is 5.41 Å². The zero-order valence-electron chi connectivity index (χ0n) is 10.6. The van der Waals surface area contributed by atoms with Crippen molar-refractivity contribution in [3.05, 3.63) is 21.5 Å². The van der Waals surface area contributed by atoms with Crippen LogP contribution in [0.15, 0.2) is 12.1 Å². The van der Waals surface area contributed by atoms with E-state index in [2.05, 4.69) is 10.6 Å². The van der Waals surface area contributed by atoms with Crippen LogP contribution in [0.25, 0.3) is 0 Å². The van der Waals surface area contributed by atoms with Crippen LogP contribution in [0, 0.1) is 14.8 Å². The first-order valence-corrected chi connectivity index (χ1v) is 7.73. The first kappa shape index (κ1) is 13.1. The predicted octanol–water partition coefficient (Wildman–Crippen LogP) is 3.74. The van der Waals surface area contributed by atoms with Crippen molar-refractivity contribution in [2.75, 3.05) is 17.2 Å². The van der Waals surface area contributed by atoms with E-state index in [1.54, 1.807) is 6.07 Å². The van der Waals surface area contributed by atoms with E-state index in [1.807, 2.05) is 22.6 Å². The van der Waals surface area contributed by atoms with E-state index in [-0.39, 0.29) is 17.1 Å². The minimum absolute atomic E-state index is 0.0841. The molecule has 0 atom stereocenters. The van der Waals surface area contributed by atoms with Crippen LogP contribution in [0.2, 0.25) is 0 Å². The van der Waals surface area contributed by atoms with Crippen molar-refractivity contribution in [3.8, 4) is 0 Å². The highest BCUT2D eigenvalue weighted by molar-refractivity contribution is 14.1. The summed E-state index contributed by atoms with van der Waals surface area (Å²) in [5.41, 5.74) is 1.06. The Balaban J connectivity index is 1.95. The van der Waals surface area contributed by atoms with E-state index in [1.165, 1.54) is 12.5 Å². The van der Waals surface area contributed by atoms with Crippen molar-refractivity contribution >= 4 is 39.9 Å². The molecule has 0 radical (unpaired) electrons. The number of nitrogens with one attached hydrogen (secondary N) is 2. The van der Waals surface area contributed by atoms with E-state index in [9.17, 15) is 9.18 Å². The molecule has 1 aliphatic heterocycles. The number of carbonyl (C=O) groups excluding carboxylic acids is 1. The van der Waals surface area contributed by atoms with Gasteiger partial charge in [0, 0.05) is 12.6 Å². The minimum atomic E-state index is -0.320. The molecule has 1 aromatic carbocycles. The molecule has 3 rings (SSSR count). The average Bonchev–Trinajstić information content (AvgIpc) is 2.52. The van der Waals surface area contributed by atoms with E-state index < -0.39 is 0 Å². The van der Waals surface area contributed by atoms with Gasteiger partial charge in [-0.25, -0.2) is 4.39 Å². The lowest BCUT2D eigenvalue weighted by Gasteiger charge is -2.34. The van der Waals surface area contributed by atoms with Gasteiger partial charge < -0.3 is 10.6 Å². The van der Waals surface area contributed by atoms with Crippen molar-refractivity contribution < 1.29 is 9.18 Å². The van der Waals surface area contributed by atoms with Gasteiger partial charge >= 0.3 is 0 Å². The van der Waals surface area contributed by atoms with Gasteiger partial charge in [-0.05, 0) is 41.5 Å². The largest absolute Gasteiger partial charge is 0.382 e. The molecule has 1 amide bonds. The average molecular weight is 374 g/mol. The van der Waals surface area contributed by atoms with Crippen molar-refractivity contribution in [3.63, 3.8) is 0 Å². The molecule has 1 aliphatic carbocycles. The first-order valence-electron chi connectivity index (χ1n) is 6.65. The number of anilines is 2. The summed E-state index contributed by atoms with van der Waals surface area (Å²) >= 11 is 1.94. The maximum Gasteiger partial charge on any atom is 0.232 e. The number of halogens is 2. The SMILES string of the molecule is O=C1Nc2cc(I)c(F)cc2NCC12CCCCC2. The van der Waals surface area contributed by atoms with Gasteiger partial charge in [-0.2, -0.15) is 0 Å². The number of benzene rings is 1. The number of hydrogen-bond donors (Lipinski definition) is 2. The Morgan fingerprint density at radius 2 is 1.89 bits per heavy atom. The molecule has 1 heterocycles. The summed E-state index contributed by atoms with van der Waals surface area (Å²) in [7, 11) is 0. The minimum Gasteiger partial charge on any atom is -0.382 e. The lowest BCUT2D eigenvalue weighted by atomic mass is 9.73.